The van der Waals surface area contributed by atoms with Crippen molar-refractivity contribution in [1.82, 2.24) is 9.78 Å². The van der Waals surface area contributed by atoms with Crippen LogP contribution in [0.2, 0.25) is 0 Å². The van der Waals surface area contributed by atoms with E-state index in [0.717, 1.165) is 21.9 Å². The van der Waals surface area contributed by atoms with Crippen LogP contribution in [-0.2, 0) is 19.9 Å². The lowest BCUT2D eigenvalue weighted by molar-refractivity contribution is 0.505. The molecule has 0 aliphatic heterocycles. The SMILES string of the molecule is Cc1nn(C)c(CC(N)Cc2ccc(F)c(F)c2)c1Br. The van der Waals surface area contributed by atoms with E-state index in [2.05, 4.69) is 21.0 Å². The molecular weight excluding hydrogens is 328 g/mol. The molecule has 0 aliphatic carbocycles. The zero-order valence-electron chi connectivity index (χ0n) is 11.3. The molecular formula is C14H16BrF2N3. The minimum Gasteiger partial charge on any atom is -0.327 e. The minimum absolute atomic E-state index is 0.189. The Hall–Kier alpha value is -1.27. The molecule has 0 fully saturated rings. The summed E-state index contributed by atoms with van der Waals surface area (Å²) in [5.74, 6) is -1.68. The first-order chi connectivity index (χ1) is 9.38. The third-order valence-corrected chi connectivity index (χ3v) is 4.23. The summed E-state index contributed by atoms with van der Waals surface area (Å²) in [6, 6.07) is 3.69. The Morgan fingerprint density at radius 3 is 2.55 bits per heavy atom. The van der Waals surface area contributed by atoms with Crippen molar-refractivity contribution >= 4 is 15.9 Å². The second-order valence-corrected chi connectivity index (χ2v) is 5.68. The summed E-state index contributed by atoms with van der Waals surface area (Å²) in [7, 11) is 1.86. The molecule has 1 heterocycles. The molecule has 1 aromatic carbocycles. The maximum absolute atomic E-state index is 13.2. The van der Waals surface area contributed by atoms with E-state index in [1.54, 1.807) is 10.7 Å². The highest BCUT2D eigenvalue weighted by Gasteiger charge is 2.15. The highest BCUT2D eigenvalue weighted by molar-refractivity contribution is 9.10. The average molecular weight is 344 g/mol. The third kappa shape index (κ3) is 3.24. The smallest absolute Gasteiger partial charge is 0.159 e. The van der Waals surface area contributed by atoms with Gasteiger partial charge in [-0.1, -0.05) is 6.07 Å². The molecule has 2 rings (SSSR count). The summed E-state index contributed by atoms with van der Waals surface area (Å²) in [4.78, 5) is 0. The molecule has 0 bridgehead atoms. The lowest BCUT2D eigenvalue weighted by Gasteiger charge is -2.12. The first kappa shape index (κ1) is 15.1. The molecule has 0 spiro atoms. The number of aromatic nitrogens is 2. The lowest BCUT2D eigenvalue weighted by Crippen LogP contribution is -2.26. The molecule has 0 radical (unpaired) electrons. The molecule has 6 heteroatoms. The number of hydrogen-bond acceptors (Lipinski definition) is 2. The highest BCUT2D eigenvalue weighted by Crippen LogP contribution is 2.22. The number of hydrogen-bond donors (Lipinski definition) is 1. The van der Waals surface area contributed by atoms with E-state index < -0.39 is 11.6 Å². The summed E-state index contributed by atoms with van der Waals surface area (Å²) in [6.45, 7) is 1.91. The maximum Gasteiger partial charge on any atom is 0.159 e. The fourth-order valence-electron chi connectivity index (χ4n) is 2.19. The van der Waals surface area contributed by atoms with E-state index in [-0.39, 0.29) is 6.04 Å². The van der Waals surface area contributed by atoms with Crippen molar-refractivity contribution in [3.8, 4) is 0 Å². The van der Waals surface area contributed by atoms with Gasteiger partial charge in [-0.2, -0.15) is 5.10 Å². The topological polar surface area (TPSA) is 43.8 Å². The monoisotopic (exact) mass is 343 g/mol. The van der Waals surface area contributed by atoms with Gasteiger partial charge >= 0.3 is 0 Å². The number of rotatable bonds is 4. The largest absolute Gasteiger partial charge is 0.327 e. The number of aryl methyl sites for hydroxylation is 2. The number of halogens is 3. The van der Waals surface area contributed by atoms with Gasteiger partial charge in [0.15, 0.2) is 11.6 Å². The highest BCUT2D eigenvalue weighted by atomic mass is 79.9. The van der Waals surface area contributed by atoms with E-state index >= 15 is 0 Å². The van der Waals surface area contributed by atoms with Gasteiger partial charge in [-0.15, -0.1) is 0 Å². The van der Waals surface area contributed by atoms with Gasteiger partial charge in [-0.25, -0.2) is 8.78 Å². The van der Waals surface area contributed by atoms with Crippen LogP contribution in [0.4, 0.5) is 8.78 Å². The van der Waals surface area contributed by atoms with Crippen molar-refractivity contribution in [2.75, 3.05) is 0 Å². The van der Waals surface area contributed by atoms with Gasteiger partial charge < -0.3 is 5.73 Å². The summed E-state index contributed by atoms with van der Waals surface area (Å²) >= 11 is 3.49. The summed E-state index contributed by atoms with van der Waals surface area (Å²) in [6.07, 6.45) is 1.09. The first-order valence-electron chi connectivity index (χ1n) is 6.26. The van der Waals surface area contributed by atoms with E-state index in [1.165, 1.54) is 6.07 Å². The van der Waals surface area contributed by atoms with Gasteiger partial charge in [-0.05, 0) is 47.0 Å². The molecule has 0 amide bonds. The Kier molecular flexibility index (Phi) is 4.55. The van der Waals surface area contributed by atoms with Crippen molar-refractivity contribution in [1.29, 1.82) is 0 Å². The maximum atomic E-state index is 13.2. The Morgan fingerprint density at radius 1 is 1.30 bits per heavy atom. The van der Waals surface area contributed by atoms with Gasteiger partial charge in [0, 0.05) is 19.5 Å². The van der Waals surface area contributed by atoms with Crippen molar-refractivity contribution in [3.05, 3.63) is 51.3 Å². The summed E-state index contributed by atoms with van der Waals surface area (Å²) in [5, 5.41) is 4.30. The zero-order chi connectivity index (χ0) is 14.9. The Bertz CT molecular complexity index is 625. The Labute approximate surface area is 124 Å². The molecule has 1 aromatic heterocycles. The van der Waals surface area contributed by atoms with Gasteiger partial charge in [-0.3, -0.25) is 4.68 Å². The van der Waals surface area contributed by atoms with Crippen LogP contribution >= 0.6 is 15.9 Å². The van der Waals surface area contributed by atoms with Crippen LogP contribution in [0.5, 0.6) is 0 Å². The van der Waals surface area contributed by atoms with Gasteiger partial charge in [0.05, 0.1) is 15.9 Å². The second kappa shape index (κ2) is 6.01. The number of nitrogens with zero attached hydrogens (tertiary/aromatic N) is 2. The molecule has 0 saturated carbocycles. The second-order valence-electron chi connectivity index (χ2n) is 4.89. The molecule has 2 aromatic rings. The van der Waals surface area contributed by atoms with Crippen molar-refractivity contribution in [3.63, 3.8) is 0 Å². The van der Waals surface area contributed by atoms with Gasteiger partial charge in [0.1, 0.15) is 0 Å². The molecule has 1 unspecified atom stereocenters. The van der Waals surface area contributed by atoms with Gasteiger partial charge in [0.25, 0.3) is 0 Å². The predicted octanol–water partition coefficient (Wildman–Crippen LogP) is 2.88. The summed E-state index contributed by atoms with van der Waals surface area (Å²) in [5.41, 5.74) is 8.68. The van der Waals surface area contributed by atoms with Crippen LogP contribution in [0.15, 0.2) is 22.7 Å². The van der Waals surface area contributed by atoms with Crippen molar-refractivity contribution in [2.24, 2.45) is 12.8 Å². The molecule has 2 N–H and O–H groups in total. The van der Waals surface area contributed by atoms with Crippen LogP contribution < -0.4 is 5.73 Å². The van der Waals surface area contributed by atoms with E-state index in [1.807, 2.05) is 14.0 Å². The Morgan fingerprint density at radius 2 is 2.00 bits per heavy atom. The van der Waals surface area contributed by atoms with Crippen LogP contribution in [0, 0.1) is 18.6 Å². The van der Waals surface area contributed by atoms with Crippen molar-refractivity contribution in [2.45, 2.75) is 25.8 Å². The fraction of sp³-hybridized carbons (Fsp3) is 0.357. The van der Waals surface area contributed by atoms with E-state index in [9.17, 15) is 8.78 Å². The number of nitrogens with two attached hydrogens (primary N) is 1. The van der Waals surface area contributed by atoms with Gasteiger partial charge in [0.2, 0.25) is 0 Å². The minimum atomic E-state index is -0.841. The predicted molar refractivity (Wildman–Crippen MR) is 77.4 cm³/mol. The quantitative estimate of drug-likeness (QED) is 0.927. The standard InChI is InChI=1S/C14H16BrF2N3/c1-8-14(15)13(20(2)19-8)7-10(18)5-9-3-4-11(16)12(17)6-9/h3-4,6,10H,5,7,18H2,1-2H3. The molecule has 1 atom stereocenters. The van der Waals surface area contributed by atoms with Crippen LogP contribution in [0.1, 0.15) is 17.0 Å². The Balaban J connectivity index is 2.08. The summed E-state index contributed by atoms with van der Waals surface area (Å²) < 4.78 is 28.7. The van der Waals surface area contributed by atoms with E-state index in [4.69, 9.17) is 5.73 Å². The normalized spacial score (nSPS) is 12.7. The van der Waals surface area contributed by atoms with Crippen LogP contribution in [-0.4, -0.2) is 15.8 Å². The third-order valence-electron chi connectivity index (χ3n) is 3.20. The molecule has 20 heavy (non-hydrogen) atoms. The molecule has 0 aliphatic rings. The lowest BCUT2D eigenvalue weighted by atomic mass is 10.0. The van der Waals surface area contributed by atoms with Crippen LogP contribution in [0.3, 0.4) is 0 Å². The first-order valence-corrected chi connectivity index (χ1v) is 7.05. The molecule has 0 saturated heterocycles. The average Bonchev–Trinajstić information content (AvgIpc) is 2.61. The zero-order valence-corrected chi connectivity index (χ0v) is 12.9. The van der Waals surface area contributed by atoms with Crippen molar-refractivity contribution < 1.29 is 8.78 Å². The fourth-order valence-corrected chi connectivity index (χ4v) is 2.69. The van der Waals surface area contributed by atoms with Crippen LogP contribution in [0.25, 0.3) is 0 Å². The number of benzene rings is 1. The molecule has 108 valence electrons. The van der Waals surface area contributed by atoms with E-state index in [0.29, 0.717) is 18.4 Å². The molecule has 3 nitrogen and oxygen atoms in total.